The van der Waals surface area contributed by atoms with Crippen molar-refractivity contribution >= 4 is 11.6 Å². The van der Waals surface area contributed by atoms with Gasteiger partial charge in [0.25, 0.3) is 5.91 Å². The number of amides is 1. The number of nitrogens with two attached hydrogens (primary N) is 1. The third-order valence-corrected chi connectivity index (χ3v) is 3.53. The molecule has 0 bridgehead atoms. The molecule has 20 heavy (non-hydrogen) atoms. The van der Waals surface area contributed by atoms with Crippen LogP contribution in [0.4, 0.5) is 5.69 Å². The minimum Gasteiger partial charge on any atom is -0.478 e. The Bertz CT molecular complexity index is 497. The Morgan fingerprint density at radius 2 is 2.05 bits per heavy atom. The minimum absolute atomic E-state index is 0.0514. The summed E-state index contributed by atoms with van der Waals surface area (Å²) in [5.41, 5.74) is 7.81. The molecule has 1 aromatic carbocycles. The highest BCUT2D eigenvalue weighted by molar-refractivity contribution is 6.00. The fraction of sp³-hybridized carbons (Fsp3) is 0.562. The van der Waals surface area contributed by atoms with Crippen molar-refractivity contribution in [2.24, 2.45) is 11.7 Å². The number of benzene rings is 1. The first-order valence-electron chi connectivity index (χ1n) is 7.31. The molecule has 0 fully saturated rings. The molecule has 0 saturated heterocycles. The van der Waals surface area contributed by atoms with Gasteiger partial charge in [0.15, 0.2) is 6.10 Å². The summed E-state index contributed by atoms with van der Waals surface area (Å²) in [7, 11) is 0. The third kappa shape index (κ3) is 2.80. The van der Waals surface area contributed by atoms with Crippen molar-refractivity contribution < 1.29 is 9.53 Å². The Balaban J connectivity index is 2.44. The predicted octanol–water partition coefficient (Wildman–Crippen LogP) is 2.87. The summed E-state index contributed by atoms with van der Waals surface area (Å²) in [5, 5.41) is 0. The maximum absolute atomic E-state index is 12.5. The van der Waals surface area contributed by atoms with Gasteiger partial charge < -0.3 is 15.4 Å². The molecular formula is C16H24N2O2. The Kier molecular flexibility index (Phi) is 4.33. The summed E-state index contributed by atoms with van der Waals surface area (Å²) < 4.78 is 5.81. The summed E-state index contributed by atoms with van der Waals surface area (Å²) in [5.74, 6) is 1.23. The van der Waals surface area contributed by atoms with Crippen LogP contribution in [-0.2, 0) is 4.79 Å². The van der Waals surface area contributed by atoms with Crippen LogP contribution in [0.5, 0.6) is 5.75 Å². The molecule has 0 aliphatic carbocycles. The molecule has 0 aromatic heterocycles. The van der Waals surface area contributed by atoms with Gasteiger partial charge in [-0.1, -0.05) is 26.8 Å². The van der Waals surface area contributed by atoms with Gasteiger partial charge in [0.05, 0.1) is 5.69 Å². The highest BCUT2D eigenvalue weighted by Gasteiger charge is 2.33. The van der Waals surface area contributed by atoms with E-state index in [0.29, 0.717) is 18.9 Å². The highest BCUT2D eigenvalue weighted by atomic mass is 16.5. The Morgan fingerprint density at radius 3 is 2.60 bits per heavy atom. The molecule has 4 heteroatoms. The molecule has 0 radical (unpaired) electrons. The van der Waals surface area contributed by atoms with Crippen LogP contribution in [0.25, 0.3) is 0 Å². The van der Waals surface area contributed by atoms with Crippen molar-refractivity contribution in [1.29, 1.82) is 0 Å². The van der Waals surface area contributed by atoms with Gasteiger partial charge in [-0.2, -0.15) is 0 Å². The molecule has 0 saturated carbocycles. The Morgan fingerprint density at radius 1 is 1.35 bits per heavy atom. The molecule has 2 rings (SSSR count). The average Bonchev–Trinajstić information content (AvgIpc) is 2.40. The lowest BCUT2D eigenvalue weighted by molar-refractivity contribution is -0.126. The molecule has 1 amide bonds. The highest BCUT2D eigenvalue weighted by Crippen LogP contribution is 2.36. The van der Waals surface area contributed by atoms with Crippen LogP contribution >= 0.6 is 0 Å². The van der Waals surface area contributed by atoms with Gasteiger partial charge in [-0.3, -0.25) is 4.79 Å². The molecule has 1 heterocycles. The van der Waals surface area contributed by atoms with Crippen LogP contribution in [0.1, 0.15) is 45.7 Å². The number of hydrogen-bond acceptors (Lipinski definition) is 3. The van der Waals surface area contributed by atoms with Gasteiger partial charge in [0, 0.05) is 12.6 Å². The van der Waals surface area contributed by atoms with Gasteiger partial charge in [0.1, 0.15) is 5.75 Å². The van der Waals surface area contributed by atoms with Crippen LogP contribution in [0.15, 0.2) is 18.2 Å². The van der Waals surface area contributed by atoms with Crippen LogP contribution in [0.2, 0.25) is 0 Å². The van der Waals surface area contributed by atoms with E-state index >= 15 is 0 Å². The first-order chi connectivity index (χ1) is 9.43. The number of fused-ring (bicyclic) bond motifs is 1. The topological polar surface area (TPSA) is 55.6 Å². The fourth-order valence-corrected chi connectivity index (χ4v) is 2.44. The van der Waals surface area contributed by atoms with E-state index in [1.54, 1.807) is 0 Å². The molecule has 1 aliphatic heterocycles. The molecule has 2 unspecified atom stereocenters. The van der Waals surface area contributed by atoms with Gasteiger partial charge in [-0.15, -0.1) is 0 Å². The third-order valence-electron chi connectivity index (χ3n) is 3.53. The van der Waals surface area contributed by atoms with Crippen molar-refractivity contribution in [2.75, 3.05) is 11.4 Å². The molecule has 1 aliphatic rings. The van der Waals surface area contributed by atoms with Crippen molar-refractivity contribution in [1.82, 2.24) is 0 Å². The summed E-state index contributed by atoms with van der Waals surface area (Å²) in [6.45, 7) is 8.83. The fourth-order valence-electron chi connectivity index (χ4n) is 2.44. The quantitative estimate of drug-likeness (QED) is 0.920. The standard InChI is InChI=1S/C16H24N2O2/c1-5-14-16(19)18(9-10(2)3)13-8-12(11(4)17)6-7-15(13)20-14/h6-8,10-11,14H,5,9,17H2,1-4H3. The van der Waals surface area contributed by atoms with Gasteiger partial charge in [-0.05, 0) is 37.0 Å². The van der Waals surface area contributed by atoms with Crippen LogP contribution in [0.3, 0.4) is 0 Å². The smallest absolute Gasteiger partial charge is 0.268 e. The number of carbonyl (C=O) groups is 1. The van der Waals surface area contributed by atoms with E-state index in [0.717, 1.165) is 17.0 Å². The van der Waals surface area contributed by atoms with Gasteiger partial charge in [0.2, 0.25) is 0 Å². The van der Waals surface area contributed by atoms with E-state index < -0.39 is 0 Å². The average molecular weight is 276 g/mol. The van der Waals surface area contributed by atoms with Crippen molar-refractivity contribution in [3.8, 4) is 5.75 Å². The SMILES string of the molecule is CCC1Oc2ccc(C(C)N)cc2N(CC(C)C)C1=O. The van der Waals surface area contributed by atoms with E-state index in [4.69, 9.17) is 10.5 Å². The second kappa shape index (κ2) is 5.83. The first kappa shape index (κ1) is 14.9. The second-order valence-electron chi connectivity index (χ2n) is 5.87. The summed E-state index contributed by atoms with van der Waals surface area (Å²) in [6.07, 6.45) is 0.310. The monoisotopic (exact) mass is 276 g/mol. The maximum Gasteiger partial charge on any atom is 0.268 e. The second-order valence-corrected chi connectivity index (χ2v) is 5.87. The number of anilines is 1. The maximum atomic E-state index is 12.5. The molecule has 1 aromatic rings. The summed E-state index contributed by atoms with van der Waals surface area (Å²) in [4.78, 5) is 14.4. The van der Waals surface area contributed by atoms with Crippen molar-refractivity contribution in [2.45, 2.75) is 46.3 Å². The Labute approximate surface area is 120 Å². The zero-order valence-corrected chi connectivity index (χ0v) is 12.7. The molecule has 4 nitrogen and oxygen atoms in total. The summed E-state index contributed by atoms with van der Waals surface area (Å²) >= 11 is 0. The summed E-state index contributed by atoms with van der Waals surface area (Å²) in [6, 6.07) is 5.82. The lowest BCUT2D eigenvalue weighted by Crippen LogP contribution is -2.47. The number of hydrogen-bond donors (Lipinski definition) is 1. The van der Waals surface area contributed by atoms with E-state index in [2.05, 4.69) is 13.8 Å². The van der Waals surface area contributed by atoms with Crippen molar-refractivity contribution in [3.05, 3.63) is 23.8 Å². The van der Waals surface area contributed by atoms with Gasteiger partial charge >= 0.3 is 0 Å². The zero-order chi connectivity index (χ0) is 14.9. The van der Waals surface area contributed by atoms with E-state index in [1.807, 2.05) is 36.9 Å². The molecule has 2 atom stereocenters. The predicted molar refractivity (Wildman–Crippen MR) is 80.9 cm³/mol. The minimum atomic E-state index is -0.373. The van der Waals surface area contributed by atoms with Crippen molar-refractivity contribution in [3.63, 3.8) is 0 Å². The number of nitrogens with zero attached hydrogens (tertiary/aromatic N) is 1. The van der Waals surface area contributed by atoms with Crippen LogP contribution in [0, 0.1) is 5.92 Å². The van der Waals surface area contributed by atoms with E-state index in [9.17, 15) is 4.79 Å². The lowest BCUT2D eigenvalue weighted by Gasteiger charge is -2.35. The number of ether oxygens (including phenoxy) is 1. The molecule has 0 spiro atoms. The molecular weight excluding hydrogens is 252 g/mol. The normalized spacial score (nSPS) is 19.8. The first-order valence-corrected chi connectivity index (χ1v) is 7.31. The largest absolute Gasteiger partial charge is 0.478 e. The zero-order valence-electron chi connectivity index (χ0n) is 12.7. The van der Waals surface area contributed by atoms with Crippen LogP contribution < -0.4 is 15.4 Å². The Hall–Kier alpha value is -1.55. The molecule has 2 N–H and O–H groups in total. The number of carbonyl (C=O) groups excluding carboxylic acids is 1. The lowest BCUT2D eigenvalue weighted by atomic mass is 10.0. The number of rotatable bonds is 4. The van der Waals surface area contributed by atoms with Gasteiger partial charge in [-0.25, -0.2) is 0 Å². The van der Waals surface area contributed by atoms with E-state index in [-0.39, 0.29) is 18.1 Å². The molecule has 110 valence electrons. The van der Waals surface area contributed by atoms with E-state index in [1.165, 1.54) is 0 Å². The van der Waals surface area contributed by atoms with Crippen LogP contribution in [-0.4, -0.2) is 18.6 Å².